The molecule has 2 rings (SSSR count). The first-order chi connectivity index (χ1) is 11.0. The van der Waals surface area contributed by atoms with E-state index in [1.165, 1.54) is 11.3 Å². The zero-order valence-corrected chi connectivity index (χ0v) is 14.4. The number of carbonyl (C=O) groups is 2. The summed E-state index contributed by atoms with van der Waals surface area (Å²) in [6.07, 6.45) is 0.795. The van der Waals surface area contributed by atoms with E-state index in [9.17, 15) is 9.59 Å². The zero-order chi connectivity index (χ0) is 16.8. The van der Waals surface area contributed by atoms with Gasteiger partial charge < -0.3 is 16.4 Å². The topological polar surface area (TPSA) is 84.2 Å². The molecule has 122 valence electrons. The first-order valence-corrected chi connectivity index (χ1v) is 8.47. The quantitative estimate of drug-likeness (QED) is 0.533. The third kappa shape index (κ3) is 5.13. The summed E-state index contributed by atoms with van der Waals surface area (Å²) in [7, 11) is 0. The van der Waals surface area contributed by atoms with Crippen molar-refractivity contribution in [1.29, 1.82) is 0 Å². The Morgan fingerprint density at radius 2 is 1.91 bits per heavy atom. The van der Waals surface area contributed by atoms with Crippen molar-refractivity contribution in [3.63, 3.8) is 0 Å². The van der Waals surface area contributed by atoms with Crippen molar-refractivity contribution in [3.8, 4) is 0 Å². The Kier molecular flexibility index (Phi) is 6.27. The molecule has 0 saturated heterocycles. The molecule has 8 heteroatoms. The van der Waals surface area contributed by atoms with Gasteiger partial charge in [0.2, 0.25) is 5.91 Å². The Morgan fingerprint density at radius 3 is 2.52 bits per heavy atom. The van der Waals surface area contributed by atoms with Crippen LogP contribution in [0.2, 0.25) is 10.0 Å². The van der Waals surface area contributed by atoms with E-state index in [0.29, 0.717) is 23.5 Å². The van der Waals surface area contributed by atoms with E-state index >= 15 is 0 Å². The standard InChI is InChI=1S/C15H15Cl2N3O2S/c16-10-7-9(8-11(17)14(10)18)20-13(21)4-1-5-19-15(22)12-3-2-6-23-12/h2-3,6-8H,1,4-5,18H2,(H,19,22)(H,20,21). The molecule has 1 heterocycles. The Bertz CT molecular complexity index is 682. The van der Waals surface area contributed by atoms with Crippen LogP contribution in [0.4, 0.5) is 11.4 Å². The van der Waals surface area contributed by atoms with E-state index in [1.807, 2.05) is 11.4 Å². The van der Waals surface area contributed by atoms with Crippen LogP contribution in [0, 0.1) is 0 Å². The summed E-state index contributed by atoms with van der Waals surface area (Å²) < 4.78 is 0. The van der Waals surface area contributed by atoms with Gasteiger partial charge in [-0.25, -0.2) is 0 Å². The third-order valence-electron chi connectivity index (χ3n) is 2.97. The molecule has 0 radical (unpaired) electrons. The SMILES string of the molecule is Nc1c(Cl)cc(NC(=O)CCCNC(=O)c2cccs2)cc1Cl. The molecular weight excluding hydrogens is 357 g/mol. The first kappa shape index (κ1) is 17.6. The lowest BCUT2D eigenvalue weighted by Crippen LogP contribution is -2.24. The van der Waals surface area contributed by atoms with E-state index in [2.05, 4.69) is 10.6 Å². The molecule has 23 heavy (non-hydrogen) atoms. The third-order valence-corrected chi connectivity index (χ3v) is 4.47. The lowest BCUT2D eigenvalue weighted by molar-refractivity contribution is -0.116. The van der Waals surface area contributed by atoms with Gasteiger partial charge in [-0.15, -0.1) is 11.3 Å². The predicted octanol–water partition coefficient (Wildman–Crippen LogP) is 3.79. The number of thiophene rings is 1. The number of hydrogen-bond donors (Lipinski definition) is 3. The second kappa shape index (κ2) is 8.19. The molecule has 0 aliphatic carbocycles. The van der Waals surface area contributed by atoms with Crippen LogP contribution in [-0.2, 0) is 4.79 Å². The molecule has 0 aliphatic heterocycles. The zero-order valence-electron chi connectivity index (χ0n) is 12.1. The van der Waals surface area contributed by atoms with Crippen LogP contribution in [0.15, 0.2) is 29.6 Å². The molecule has 2 aromatic rings. The van der Waals surface area contributed by atoms with Gasteiger partial charge in [0.25, 0.3) is 5.91 Å². The van der Waals surface area contributed by atoms with Gasteiger partial charge in [-0.3, -0.25) is 9.59 Å². The maximum absolute atomic E-state index is 11.9. The lowest BCUT2D eigenvalue weighted by Gasteiger charge is -2.08. The van der Waals surface area contributed by atoms with Gasteiger partial charge in [0.15, 0.2) is 0 Å². The number of nitrogens with two attached hydrogens (primary N) is 1. The second-order valence-corrected chi connectivity index (χ2v) is 6.50. The van der Waals surface area contributed by atoms with Crippen LogP contribution in [0.3, 0.4) is 0 Å². The number of halogens is 2. The number of benzene rings is 1. The van der Waals surface area contributed by atoms with E-state index in [4.69, 9.17) is 28.9 Å². The van der Waals surface area contributed by atoms with Crippen molar-refractivity contribution in [1.82, 2.24) is 5.32 Å². The van der Waals surface area contributed by atoms with Crippen molar-refractivity contribution in [3.05, 3.63) is 44.6 Å². The summed E-state index contributed by atoms with van der Waals surface area (Å²) in [6.45, 7) is 0.424. The monoisotopic (exact) mass is 371 g/mol. The summed E-state index contributed by atoms with van der Waals surface area (Å²) in [6, 6.07) is 6.65. The minimum absolute atomic E-state index is 0.127. The number of amides is 2. The average Bonchev–Trinajstić information content (AvgIpc) is 3.03. The molecule has 0 atom stereocenters. The number of rotatable bonds is 6. The summed E-state index contributed by atoms with van der Waals surface area (Å²) >= 11 is 13.2. The number of nitrogen functional groups attached to an aromatic ring is 1. The molecule has 0 unspecified atom stereocenters. The average molecular weight is 372 g/mol. The van der Waals surface area contributed by atoms with Gasteiger partial charge in [-0.1, -0.05) is 29.3 Å². The normalized spacial score (nSPS) is 10.3. The van der Waals surface area contributed by atoms with Gasteiger partial charge in [-0.2, -0.15) is 0 Å². The summed E-state index contributed by atoms with van der Waals surface area (Å²) in [5.74, 6) is -0.315. The van der Waals surface area contributed by atoms with E-state index in [1.54, 1.807) is 18.2 Å². The molecule has 4 N–H and O–H groups in total. The highest BCUT2D eigenvalue weighted by atomic mass is 35.5. The summed E-state index contributed by atoms with van der Waals surface area (Å²) in [5, 5.41) is 7.87. The molecule has 0 saturated carbocycles. The maximum atomic E-state index is 11.9. The molecule has 1 aromatic heterocycles. The molecule has 0 aliphatic rings. The maximum Gasteiger partial charge on any atom is 0.261 e. The van der Waals surface area contributed by atoms with Crippen molar-refractivity contribution >= 4 is 57.7 Å². The predicted molar refractivity (Wildman–Crippen MR) is 95.4 cm³/mol. The van der Waals surface area contributed by atoms with Gasteiger partial charge in [0.1, 0.15) is 0 Å². The highest BCUT2D eigenvalue weighted by Crippen LogP contribution is 2.31. The summed E-state index contributed by atoms with van der Waals surface area (Å²) in [4.78, 5) is 24.2. The van der Waals surface area contributed by atoms with Crippen LogP contribution >= 0.6 is 34.5 Å². The fraction of sp³-hybridized carbons (Fsp3) is 0.200. The van der Waals surface area contributed by atoms with Crippen molar-refractivity contribution in [2.24, 2.45) is 0 Å². The first-order valence-electron chi connectivity index (χ1n) is 6.83. The minimum Gasteiger partial charge on any atom is -0.396 e. The van der Waals surface area contributed by atoms with Gasteiger partial charge in [-0.05, 0) is 30.0 Å². The number of hydrogen-bond acceptors (Lipinski definition) is 4. The van der Waals surface area contributed by atoms with Crippen LogP contribution in [0.25, 0.3) is 0 Å². The van der Waals surface area contributed by atoms with Crippen molar-refractivity contribution in [2.45, 2.75) is 12.8 Å². The Morgan fingerprint density at radius 1 is 1.22 bits per heavy atom. The largest absolute Gasteiger partial charge is 0.396 e. The lowest BCUT2D eigenvalue weighted by atomic mass is 10.2. The summed E-state index contributed by atoms with van der Waals surface area (Å²) in [5.41, 5.74) is 6.40. The number of anilines is 2. The minimum atomic E-state index is -0.188. The van der Waals surface area contributed by atoms with E-state index < -0.39 is 0 Å². The highest BCUT2D eigenvalue weighted by molar-refractivity contribution is 7.12. The molecule has 2 amide bonds. The molecular formula is C15H15Cl2N3O2S. The Labute approximate surface area is 147 Å². The number of carbonyl (C=O) groups excluding carboxylic acids is 2. The van der Waals surface area contributed by atoms with Crippen LogP contribution < -0.4 is 16.4 Å². The fourth-order valence-electron chi connectivity index (χ4n) is 1.83. The van der Waals surface area contributed by atoms with Gasteiger partial charge in [0.05, 0.1) is 20.6 Å². The Balaban J connectivity index is 1.74. The molecule has 0 bridgehead atoms. The highest BCUT2D eigenvalue weighted by Gasteiger charge is 2.09. The Hall–Kier alpha value is -1.76. The fourth-order valence-corrected chi connectivity index (χ4v) is 2.95. The molecule has 5 nitrogen and oxygen atoms in total. The van der Waals surface area contributed by atoms with E-state index in [0.717, 1.165) is 0 Å². The smallest absolute Gasteiger partial charge is 0.261 e. The van der Waals surface area contributed by atoms with E-state index in [-0.39, 0.29) is 34.0 Å². The van der Waals surface area contributed by atoms with Crippen LogP contribution in [-0.4, -0.2) is 18.4 Å². The molecule has 1 aromatic carbocycles. The molecule has 0 spiro atoms. The number of nitrogens with one attached hydrogen (secondary N) is 2. The van der Waals surface area contributed by atoms with Gasteiger partial charge >= 0.3 is 0 Å². The van der Waals surface area contributed by atoms with Crippen LogP contribution in [0.1, 0.15) is 22.5 Å². The van der Waals surface area contributed by atoms with Crippen molar-refractivity contribution in [2.75, 3.05) is 17.6 Å². The molecule has 0 fully saturated rings. The van der Waals surface area contributed by atoms with Crippen molar-refractivity contribution < 1.29 is 9.59 Å². The second-order valence-electron chi connectivity index (χ2n) is 4.74. The van der Waals surface area contributed by atoms with Gasteiger partial charge in [0, 0.05) is 18.7 Å². The van der Waals surface area contributed by atoms with Crippen LogP contribution in [0.5, 0.6) is 0 Å².